The summed E-state index contributed by atoms with van der Waals surface area (Å²) in [6.07, 6.45) is 0.0332. The van der Waals surface area contributed by atoms with E-state index in [0.717, 1.165) is 0 Å². The lowest BCUT2D eigenvalue weighted by molar-refractivity contribution is -0.143. The van der Waals surface area contributed by atoms with Crippen molar-refractivity contribution in [2.75, 3.05) is 6.61 Å². The summed E-state index contributed by atoms with van der Waals surface area (Å²) in [6, 6.07) is 6.35. The lowest BCUT2D eigenvalue weighted by atomic mass is 10.3. The third kappa shape index (κ3) is 1.79. The van der Waals surface area contributed by atoms with E-state index in [9.17, 15) is 4.79 Å². The van der Waals surface area contributed by atoms with Crippen LogP contribution < -0.4 is 4.74 Å². The highest BCUT2D eigenvalue weighted by Crippen LogP contribution is 2.21. The van der Waals surface area contributed by atoms with Crippen LogP contribution in [0.25, 0.3) is 0 Å². The quantitative estimate of drug-likeness (QED) is 0.716. The molecule has 4 heteroatoms. The van der Waals surface area contributed by atoms with Crippen LogP contribution in [0.1, 0.15) is 6.42 Å². The van der Waals surface area contributed by atoms with Crippen LogP contribution in [0.4, 0.5) is 0 Å². The van der Waals surface area contributed by atoms with E-state index in [2.05, 4.69) is 0 Å². The molecule has 0 amide bonds. The van der Waals surface area contributed by atoms with Crippen LogP contribution in [0.15, 0.2) is 24.3 Å². The number of cyclic esters (lactones) is 1. The minimum atomic E-state index is -0.531. The lowest BCUT2D eigenvalue weighted by Gasteiger charge is -2.09. The Bertz CT molecular complexity index is 348. The van der Waals surface area contributed by atoms with E-state index < -0.39 is 6.10 Å². The Morgan fingerprint density at radius 1 is 1.50 bits per heavy atom. The molecule has 1 unspecified atom stereocenters. The maximum Gasteiger partial charge on any atom is 0.347 e. The number of rotatable bonds is 2. The van der Waals surface area contributed by atoms with Gasteiger partial charge in [-0.15, -0.1) is 0 Å². The molecule has 1 aliphatic rings. The van der Waals surface area contributed by atoms with Gasteiger partial charge >= 0.3 is 5.97 Å². The Morgan fingerprint density at radius 2 is 2.36 bits per heavy atom. The molecule has 0 aromatic heterocycles. The molecule has 1 atom stereocenters. The molecule has 2 rings (SSSR count). The van der Waals surface area contributed by atoms with Crippen LogP contribution in [-0.4, -0.2) is 23.8 Å². The average Bonchev–Trinajstić information content (AvgIpc) is 2.52. The summed E-state index contributed by atoms with van der Waals surface area (Å²) < 4.78 is 10.1. The second-order valence-electron chi connectivity index (χ2n) is 3.06. The van der Waals surface area contributed by atoms with E-state index in [-0.39, 0.29) is 11.7 Å². The highest BCUT2D eigenvalue weighted by Gasteiger charge is 2.28. The number of ether oxygens (including phenoxy) is 2. The molecule has 1 heterocycles. The van der Waals surface area contributed by atoms with Crippen LogP contribution in [0.3, 0.4) is 0 Å². The molecule has 0 radical (unpaired) electrons. The van der Waals surface area contributed by atoms with E-state index in [1.807, 2.05) is 0 Å². The van der Waals surface area contributed by atoms with Gasteiger partial charge in [0.1, 0.15) is 11.5 Å². The van der Waals surface area contributed by atoms with Crippen molar-refractivity contribution >= 4 is 5.97 Å². The molecule has 1 aromatic carbocycles. The van der Waals surface area contributed by atoms with Gasteiger partial charge in [0.15, 0.2) is 6.10 Å². The first-order chi connectivity index (χ1) is 6.75. The molecular formula is C10H10O4. The molecule has 1 aromatic rings. The predicted octanol–water partition coefficient (Wildman–Crippen LogP) is 1.09. The van der Waals surface area contributed by atoms with Gasteiger partial charge in [-0.05, 0) is 12.1 Å². The first-order valence-electron chi connectivity index (χ1n) is 4.38. The summed E-state index contributed by atoms with van der Waals surface area (Å²) in [5, 5.41) is 9.16. The molecule has 0 spiro atoms. The van der Waals surface area contributed by atoms with Crippen molar-refractivity contribution in [2.45, 2.75) is 12.5 Å². The maximum atomic E-state index is 11.1. The van der Waals surface area contributed by atoms with Gasteiger partial charge in [0, 0.05) is 12.5 Å². The molecule has 0 saturated carbocycles. The molecule has 1 saturated heterocycles. The summed E-state index contributed by atoms with van der Waals surface area (Å²) in [7, 11) is 0. The SMILES string of the molecule is O=C1OCCC1Oc1cccc(O)c1. The molecule has 1 aliphatic heterocycles. The first kappa shape index (κ1) is 8.87. The zero-order chi connectivity index (χ0) is 9.97. The molecule has 1 fully saturated rings. The smallest absolute Gasteiger partial charge is 0.347 e. The van der Waals surface area contributed by atoms with Crippen LogP contribution >= 0.6 is 0 Å². The summed E-state index contributed by atoms with van der Waals surface area (Å²) in [5.74, 6) is 0.260. The third-order valence-electron chi connectivity index (χ3n) is 1.98. The minimum Gasteiger partial charge on any atom is -0.508 e. The highest BCUT2D eigenvalue weighted by molar-refractivity contribution is 5.76. The number of hydrogen-bond donors (Lipinski definition) is 1. The fraction of sp³-hybridized carbons (Fsp3) is 0.300. The topological polar surface area (TPSA) is 55.8 Å². The van der Waals surface area contributed by atoms with Gasteiger partial charge in [0.25, 0.3) is 0 Å². The number of phenols is 1. The summed E-state index contributed by atoms with van der Waals surface area (Å²) in [6.45, 7) is 0.405. The van der Waals surface area contributed by atoms with Gasteiger partial charge in [-0.2, -0.15) is 0 Å². The molecule has 1 N–H and O–H groups in total. The fourth-order valence-electron chi connectivity index (χ4n) is 1.31. The second-order valence-corrected chi connectivity index (χ2v) is 3.06. The average molecular weight is 194 g/mol. The van der Waals surface area contributed by atoms with E-state index in [4.69, 9.17) is 14.6 Å². The molecular weight excluding hydrogens is 184 g/mol. The lowest BCUT2D eigenvalue weighted by Crippen LogP contribution is -2.21. The summed E-state index contributed by atoms with van der Waals surface area (Å²) >= 11 is 0. The summed E-state index contributed by atoms with van der Waals surface area (Å²) in [4.78, 5) is 11.1. The van der Waals surface area contributed by atoms with Crippen LogP contribution in [0, 0.1) is 0 Å². The molecule has 14 heavy (non-hydrogen) atoms. The molecule has 0 aliphatic carbocycles. The van der Waals surface area contributed by atoms with E-state index >= 15 is 0 Å². The number of aromatic hydroxyl groups is 1. The Hall–Kier alpha value is -1.71. The zero-order valence-electron chi connectivity index (χ0n) is 7.47. The van der Waals surface area contributed by atoms with Gasteiger partial charge < -0.3 is 14.6 Å². The highest BCUT2D eigenvalue weighted by atomic mass is 16.6. The first-order valence-corrected chi connectivity index (χ1v) is 4.38. The molecule has 74 valence electrons. The Balaban J connectivity index is 2.07. The number of carbonyl (C=O) groups is 1. The van der Waals surface area contributed by atoms with Crippen molar-refractivity contribution < 1.29 is 19.4 Å². The zero-order valence-corrected chi connectivity index (χ0v) is 7.47. The normalized spacial score (nSPS) is 20.6. The van der Waals surface area contributed by atoms with Gasteiger partial charge in [-0.3, -0.25) is 0 Å². The van der Waals surface area contributed by atoms with Gasteiger partial charge in [0.05, 0.1) is 6.61 Å². The molecule has 4 nitrogen and oxygen atoms in total. The largest absolute Gasteiger partial charge is 0.508 e. The Kier molecular flexibility index (Phi) is 2.26. The van der Waals surface area contributed by atoms with E-state index in [1.165, 1.54) is 6.07 Å². The number of hydrogen-bond acceptors (Lipinski definition) is 4. The van der Waals surface area contributed by atoms with Crippen molar-refractivity contribution in [1.29, 1.82) is 0 Å². The molecule has 0 bridgehead atoms. The van der Waals surface area contributed by atoms with Crippen molar-refractivity contribution in [3.63, 3.8) is 0 Å². The van der Waals surface area contributed by atoms with Gasteiger partial charge in [-0.1, -0.05) is 6.07 Å². The minimum absolute atomic E-state index is 0.119. The van der Waals surface area contributed by atoms with Crippen molar-refractivity contribution in [3.8, 4) is 11.5 Å². The van der Waals surface area contributed by atoms with Crippen LogP contribution in [0.5, 0.6) is 11.5 Å². The number of phenolic OH excluding ortho intramolecular Hbond substituents is 1. The number of carbonyl (C=O) groups excluding carboxylic acids is 1. The van der Waals surface area contributed by atoms with E-state index in [0.29, 0.717) is 18.8 Å². The van der Waals surface area contributed by atoms with Crippen molar-refractivity contribution in [1.82, 2.24) is 0 Å². The van der Waals surface area contributed by atoms with Crippen molar-refractivity contribution in [2.24, 2.45) is 0 Å². The van der Waals surface area contributed by atoms with Crippen LogP contribution in [-0.2, 0) is 9.53 Å². The predicted molar refractivity (Wildman–Crippen MR) is 48.1 cm³/mol. The number of benzene rings is 1. The Labute approximate surface area is 81.1 Å². The third-order valence-corrected chi connectivity index (χ3v) is 1.98. The second kappa shape index (κ2) is 3.57. The Morgan fingerprint density at radius 3 is 3.00 bits per heavy atom. The van der Waals surface area contributed by atoms with Crippen molar-refractivity contribution in [3.05, 3.63) is 24.3 Å². The van der Waals surface area contributed by atoms with Gasteiger partial charge in [0.2, 0.25) is 0 Å². The maximum absolute atomic E-state index is 11.1. The van der Waals surface area contributed by atoms with E-state index in [1.54, 1.807) is 18.2 Å². The monoisotopic (exact) mass is 194 g/mol. The van der Waals surface area contributed by atoms with Crippen LogP contribution in [0.2, 0.25) is 0 Å². The number of esters is 1. The fourth-order valence-corrected chi connectivity index (χ4v) is 1.31. The van der Waals surface area contributed by atoms with Gasteiger partial charge in [-0.25, -0.2) is 4.79 Å². The summed E-state index contributed by atoms with van der Waals surface area (Å²) in [5.41, 5.74) is 0. The standard InChI is InChI=1S/C10H10O4/c11-7-2-1-3-8(6-7)14-9-4-5-13-10(9)12/h1-3,6,9,11H,4-5H2.